The Labute approximate surface area is 161 Å². The van der Waals surface area contributed by atoms with Gasteiger partial charge in [0.05, 0.1) is 29.4 Å². The summed E-state index contributed by atoms with van der Waals surface area (Å²) in [5, 5.41) is 30.7. The van der Waals surface area contributed by atoms with Crippen LogP contribution in [0.4, 0.5) is 22.7 Å². The third-order valence-corrected chi connectivity index (χ3v) is 4.14. The molecule has 0 radical (unpaired) electrons. The Hall–Kier alpha value is -3.65. The second kappa shape index (κ2) is 8.83. The van der Waals surface area contributed by atoms with Crippen molar-refractivity contribution in [1.82, 2.24) is 0 Å². The molecule has 8 nitrogen and oxygen atoms in total. The van der Waals surface area contributed by atoms with Crippen molar-refractivity contribution in [2.45, 2.75) is 0 Å². The normalized spacial score (nSPS) is 10.5. The fourth-order valence-corrected chi connectivity index (χ4v) is 2.84. The number of amides is 1. The molecule has 8 heteroatoms. The number of carbonyl (C=O) groups excluding carboxylic acids is 1. The number of aliphatic hydroxyl groups is 1. The number of fused-ring (bicyclic) bond motifs is 1. The van der Waals surface area contributed by atoms with Gasteiger partial charge in [-0.3, -0.25) is 14.9 Å². The Morgan fingerprint density at radius 3 is 2.54 bits per heavy atom. The lowest BCUT2D eigenvalue weighted by Gasteiger charge is -2.14. The molecule has 3 aromatic rings. The second-order valence-electron chi connectivity index (χ2n) is 6.07. The smallest absolute Gasteiger partial charge is 0.271 e. The lowest BCUT2D eigenvalue weighted by Crippen LogP contribution is -2.22. The van der Waals surface area contributed by atoms with Crippen LogP contribution in [-0.2, 0) is 4.79 Å². The van der Waals surface area contributed by atoms with Gasteiger partial charge in [-0.05, 0) is 17.5 Å². The number of rotatable bonds is 8. The number of hydrogen-bond acceptors (Lipinski definition) is 6. The molecule has 0 aliphatic heterocycles. The lowest BCUT2D eigenvalue weighted by atomic mass is 10.1. The van der Waals surface area contributed by atoms with Gasteiger partial charge in [-0.15, -0.1) is 0 Å². The van der Waals surface area contributed by atoms with Crippen molar-refractivity contribution in [3.63, 3.8) is 0 Å². The summed E-state index contributed by atoms with van der Waals surface area (Å²) in [6, 6.07) is 17.6. The molecule has 28 heavy (non-hydrogen) atoms. The van der Waals surface area contributed by atoms with E-state index in [0.717, 1.165) is 10.8 Å². The number of nitrogens with zero attached hydrogens (tertiary/aromatic N) is 1. The number of non-ortho nitro benzene ring substituents is 1. The second-order valence-corrected chi connectivity index (χ2v) is 6.07. The van der Waals surface area contributed by atoms with Gasteiger partial charge >= 0.3 is 0 Å². The van der Waals surface area contributed by atoms with Gasteiger partial charge < -0.3 is 21.1 Å². The molecule has 0 saturated heterocycles. The molecular formula is C20H20N4O4. The molecule has 1 amide bonds. The van der Waals surface area contributed by atoms with Gasteiger partial charge in [0.25, 0.3) is 5.69 Å². The van der Waals surface area contributed by atoms with Crippen LogP contribution in [0.3, 0.4) is 0 Å². The molecular weight excluding hydrogens is 360 g/mol. The van der Waals surface area contributed by atoms with E-state index in [1.807, 2.05) is 42.5 Å². The summed E-state index contributed by atoms with van der Waals surface area (Å²) < 4.78 is 0. The molecule has 3 aromatic carbocycles. The molecule has 3 rings (SSSR count). The van der Waals surface area contributed by atoms with Crippen molar-refractivity contribution in [3.05, 3.63) is 70.8 Å². The van der Waals surface area contributed by atoms with Crippen molar-refractivity contribution >= 4 is 39.4 Å². The van der Waals surface area contributed by atoms with Crippen LogP contribution in [0, 0.1) is 10.1 Å². The minimum absolute atomic E-state index is 0.0712. The van der Waals surface area contributed by atoms with E-state index in [4.69, 9.17) is 5.11 Å². The number of aliphatic hydroxyl groups excluding tert-OH is 1. The number of nitro groups is 1. The Bertz CT molecular complexity index is 1000. The first kappa shape index (κ1) is 19.1. The first-order valence-corrected chi connectivity index (χ1v) is 8.73. The molecule has 0 aromatic heterocycles. The number of nitrogens with one attached hydrogen (secondary N) is 3. The SMILES string of the molecule is O=C(CNc1cc([N+](=O)[O-])ccc1NCCO)Nc1cccc2ccccc12. The number of benzene rings is 3. The largest absolute Gasteiger partial charge is 0.395 e. The van der Waals surface area contributed by atoms with Crippen LogP contribution < -0.4 is 16.0 Å². The molecule has 0 heterocycles. The van der Waals surface area contributed by atoms with E-state index in [-0.39, 0.29) is 31.3 Å². The summed E-state index contributed by atoms with van der Waals surface area (Å²) >= 11 is 0. The predicted octanol–water partition coefficient (Wildman–Crippen LogP) is 3.20. The third kappa shape index (κ3) is 4.54. The zero-order valence-corrected chi connectivity index (χ0v) is 15.0. The highest BCUT2D eigenvalue weighted by molar-refractivity contribution is 6.03. The Kier molecular flexibility index (Phi) is 6.03. The van der Waals surface area contributed by atoms with E-state index < -0.39 is 4.92 Å². The molecule has 0 saturated carbocycles. The highest BCUT2D eigenvalue weighted by atomic mass is 16.6. The molecule has 0 spiro atoms. The van der Waals surface area contributed by atoms with E-state index in [1.54, 1.807) is 6.07 Å². The summed E-state index contributed by atoms with van der Waals surface area (Å²) in [7, 11) is 0. The average molecular weight is 380 g/mol. The van der Waals surface area contributed by atoms with Gasteiger partial charge in [-0.2, -0.15) is 0 Å². The van der Waals surface area contributed by atoms with E-state index in [2.05, 4.69) is 16.0 Å². The third-order valence-electron chi connectivity index (χ3n) is 4.14. The monoisotopic (exact) mass is 380 g/mol. The zero-order valence-electron chi connectivity index (χ0n) is 15.0. The Balaban J connectivity index is 1.72. The van der Waals surface area contributed by atoms with Crippen LogP contribution in [0.5, 0.6) is 0 Å². The van der Waals surface area contributed by atoms with Crippen LogP contribution >= 0.6 is 0 Å². The number of carbonyl (C=O) groups is 1. The first-order chi connectivity index (χ1) is 13.6. The highest BCUT2D eigenvalue weighted by Crippen LogP contribution is 2.27. The fraction of sp³-hybridized carbons (Fsp3) is 0.150. The summed E-state index contributed by atoms with van der Waals surface area (Å²) in [4.78, 5) is 22.9. The van der Waals surface area contributed by atoms with Crippen LogP contribution in [0.25, 0.3) is 10.8 Å². The van der Waals surface area contributed by atoms with Gasteiger partial charge in [-0.1, -0.05) is 36.4 Å². The van der Waals surface area contributed by atoms with E-state index in [9.17, 15) is 14.9 Å². The summed E-state index contributed by atoms with van der Waals surface area (Å²) in [5.41, 5.74) is 1.59. The maximum absolute atomic E-state index is 12.4. The molecule has 0 aliphatic rings. The van der Waals surface area contributed by atoms with Crippen LogP contribution in [-0.4, -0.2) is 35.6 Å². The Morgan fingerprint density at radius 2 is 1.75 bits per heavy atom. The molecule has 4 N–H and O–H groups in total. The maximum Gasteiger partial charge on any atom is 0.271 e. The summed E-state index contributed by atoms with van der Waals surface area (Å²) in [6.07, 6.45) is 0. The maximum atomic E-state index is 12.4. The molecule has 0 bridgehead atoms. The van der Waals surface area contributed by atoms with Crippen LogP contribution in [0.1, 0.15) is 0 Å². The van der Waals surface area contributed by atoms with E-state index in [1.165, 1.54) is 12.1 Å². The van der Waals surface area contributed by atoms with Crippen molar-refractivity contribution in [1.29, 1.82) is 0 Å². The molecule has 0 atom stereocenters. The predicted molar refractivity (Wildman–Crippen MR) is 110 cm³/mol. The van der Waals surface area contributed by atoms with Crippen molar-refractivity contribution in [2.24, 2.45) is 0 Å². The molecule has 0 fully saturated rings. The van der Waals surface area contributed by atoms with Gasteiger partial charge in [0.15, 0.2) is 0 Å². The minimum atomic E-state index is -0.503. The molecule has 0 aliphatic carbocycles. The number of anilines is 3. The topological polar surface area (TPSA) is 117 Å². The molecule has 144 valence electrons. The lowest BCUT2D eigenvalue weighted by molar-refractivity contribution is -0.384. The standard InChI is InChI=1S/C20H20N4O4/c25-11-10-21-18-9-8-15(24(27)28)12-19(18)22-13-20(26)23-17-7-3-5-14-4-1-2-6-16(14)17/h1-9,12,21-22,25H,10-11,13H2,(H,23,26). The van der Waals surface area contributed by atoms with Crippen molar-refractivity contribution in [3.8, 4) is 0 Å². The van der Waals surface area contributed by atoms with Gasteiger partial charge in [0.1, 0.15) is 0 Å². The first-order valence-electron chi connectivity index (χ1n) is 8.73. The quantitative estimate of drug-likeness (QED) is 0.352. The zero-order chi connectivity index (χ0) is 19.9. The Morgan fingerprint density at radius 1 is 0.964 bits per heavy atom. The number of nitro benzene ring substituents is 1. The highest BCUT2D eigenvalue weighted by Gasteiger charge is 2.12. The van der Waals surface area contributed by atoms with Gasteiger partial charge in [0, 0.05) is 29.8 Å². The van der Waals surface area contributed by atoms with E-state index in [0.29, 0.717) is 17.1 Å². The van der Waals surface area contributed by atoms with Crippen LogP contribution in [0.2, 0.25) is 0 Å². The minimum Gasteiger partial charge on any atom is -0.395 e. The van der Waals surface area contributed by atoms with Crippen molar-refractivity contribution in [2.75, 3.05) is 35.6 Å². The van der Waals surface area contributed by atoms with Gasteiger partial charge in [0.2, 0.25) is 5.91 Å². The van der Waals surface area contributed by atoms with Crippen molar-refractivity contribution < 1.29 is 14.8 Å². The van der Waals surface area contributed by atoms with E-state index >= 15 is 0 Å². The van der Waals surface area contributed by atoms with Crippen LogP contribution in [0.15, 0.2) is 60.7 Å². The summed E-state index contributed by atoms with van der Waals surface area (Å²) in [5.74, 6) is -0.282. The van der Waals surface area contributed by atoms with Gasteiger partial charge in [-0.25, -0.2) is 0 Å². The summed E-state index contributed by atoms with van der Waals surface area (Å²) in [6.45, 7) is 0.130. The number of hydrogen-bond donors (Lipinski definition) is 4. The average Bonchev–Trinajstić information content (AvgIpc) is 2.71. The fourth-order valence-electron chi connectivity index (χ4n) is 2.84. The molecule has 0 unspecified atom stereocenters.